The Hall–Kier alpha value is -2.83. The molecule has 1 aromatic rings. The summed E-state index contributed by atoms with van der Waals surface area (Å²) >= 11 is 0. The number of nitrogens with one attached hydrogen (secondary N) is 2. The lowest BCUT2D eigenvalue weighted by molar-refractivity contribution is -0.136. The maximum atomic E-state index is 12.5. The molecule has 7 heteroatoms. The first-order valence-corrected chi connectivity index (χ1v) is 7.80. The number of cyclic esters (lactones) is 1. The van der Waals surface area contributed by atoms with E-state index in [1.54, 1.807) is 0 Å². The van der Waals surface area contributed by atoms with Crippen molar-refractivity contribution in [3.05, 3.63) is 47.2 Å². The van der Waals surface area contributed by atoms with Crippen LogP contribution in [0.4, 0.5) is 4.79 Å². The zero-order valence-corrected chi connectivity index (χ0v) is 13.5. The van der Waals surface area contributed by atoms with Gasteiger partial charge in [-0.15, -0.1) is 0 Å². The van der Waals surface area contributed by atoms with Crippen molar-refractivity contribution in [3.8, 4) is 0 Å². The van der Waals surface area contributed by atoms with Crippen LogP contribution in [0.5, 0.6) is 0 Å². The summed E-state index contributed by atoms with van der Waals surface area (Å²) in [7, 11) is 0. The van der Waals surface area contributed by atoms with Crippen LogP contribution in [-0.4, -0.2) is 42.0 Å². The van der Waals surface area contributed by atoms with Gasteiger partial charge in [-0.1, -0.05) is 30.3 Å². The Labute approximate surface area is 139 Å². The molecule has 0 fully saturated rings. The number of esters is 1. The van der Waals surface area contributed by atoms with Gasteiger partial charge in [0.15, 0.2) is 0 Å². The minimum absolute atomic E-state index is 0.000120. The summed E-state index contributed by atoms with van der Waals surface area (Å²) < 4.78 is 5.11. The molecule has 0 radical (unpaired) electrons. The minimum Gasteiger partial charge on any atom is -0.456 e. The third-order valence-electron chi connectivity index (χ3n) is 3.88. The molecular weight excluding hydrogens is 310 g/mol. The molecule has 7 nitrogen and oxygen atoms in total. The quantitative estimate of drug-likeness (QED) is 0.810. The Kier molecular flexibility index (Phi) is 4.24. The number of benzene rings is 1. The van der Waals surface area contributed by atoms with Crippen LogP contribution in [0.2, 0.25) is 0 Å². The third kappa shape index (κ3) is 2.97. The van der Waals surface area contributed by atoms with Crippen molar-refractivity contribution in [1.82, 2.24) is 15.5 Å². The SMILES string of the molecule is CC(C)NC(=O)CN1C(=O)NC(c2ccccc2)C2=C1COC2=O. The Morgan fingerprint density at radius 1 is 1.33 bits per heavy atom. The number of carbonyl (C=O) groups is 3. The van der Waals surface area contributed by atoms with E-state index in [1.165, 1.54) is 4.90 Å². The molecule has 2 N–H and O–H groups in total. The highest BCUT2D eigenvalue weighted by atomic mass is 16.5. The van der Waals surface area contributed by atoms with Gasteiger partial charge in [0.1, 0.15) is 13.2 Å². The molecule has 1 atom stereocenters. The van der Waals surface area contributed by atoms with Gasteiger partial charge in [0.2, 0.25) is 5.91 Å². The van der Waals surface area contributed by atoms with Crippen molar-refractivity contribution >= 4 is 17.9 Å². The maximum Gasteiger partial charge on any atom is 0.338 e. The summed E-state index contributed by atoms with van der Waals surface area (Å²) in [5, 5.41) is 5.53. The largest absolute Gasteiger partial charge is 0.456 e. The van der Waals surface area contributed by atoms with Crippen molar-refractivity contribution in [2.24, 2.45) is 0 Å². The molecule has 1 unspecified atom stereocenters. The molecular formula is C17H19N3O4. The summed E-state index contributed by atoms with van der Waals surface area (Å²) in [5.41, 5.74) is 1.64. The van der Waals surface area contributed by atoms with E-state index in [4.69, 9.17) is 4.74 Å². The Balaban J connectivity index is 1.92. The van der Waals surface area contributed by atoms with Crippen LogP contribution in [0.15, 0.2) is 41.6 Å². The molecule has 2 aliphatic heterocycles. The molecule has 24 heavy (non-hydrogen) atoms. The highest BCUT2D eigenvalue weighted by Gasteiger charge is 2.42. The number of rotatable bonds is 4. The second-order valence-electron chi connectivity index (χ2n) is 6.04. The van der Waals surface area contributed by atoms with Crippen molar-refractivity contribution in [2.75, 3.05) is 13.2 Å². The number of hydrogen-bond donors (Lipinski definition) is 2. The zero-order chi connectivity index (χ0) is 17.3. The lowest BCUT2D eigenvalue weighted by Crippen LogP contribution is -2.51. The molecule has 3 amide bonds. The number of urea groups is 1. The van der Waals surface area contributed by atoms with E-state index in [0.29, 0.717) is 11.3 Å². The average Bonchev–Trinajstić information content (AvgIpc) is 2.92. The second-order valence-corrected chi connectivity index (χ2v) is 6.04. The fourth-order valence-corrected chi connectivity index (χ4v) is 2.89. The first-order valence-electron chi connectivity index (χ1n) is 7.80. The highest BCUT2D eigenvalue weighted by Crippen LogP contribution is 2.34. The van der Waals surface area contributed by atoms with Gasteiger partial charge in [0, 0.05) is 6.04 Å². The fraction of sp³-hybridized carbons (Fsp3) is 0.353. The molecule has 126 valence electrons. The molecule has 2 aliphatic rings. The van der Waals surface area contributed by atoms with Gasteiger partial charge < -0.3 is 15.4 Å². The first kappa shape index (κ1) is 16.0. The van der Waals surface area contributed by atoms with E-state index < -0.39 is 18.0 Å². The molecule has 0 saturated heterocycles. The van der Waals surface area contributed by atoms with Gasteiger partial charge in [-0.2, -0.15) is 0 Å². The van der Waals surface area contributed by atoms with Crippen LogP contribution in [0.1, 0.15) is 25.5 Å². The van der Waals surface area contributed by atoms with E-state index in [0.717, 1.165) is 5.56 Å². The molecule has 1 aromatic carbocycles. The van der Waals surface area contributed by atoms with E-state index in [2.05, 4.69) is 10.6 Å². The number of ether oxygens (including phenoxy) is 1. The van der Waals surface area contributed by atoms with Crippen molar-refractivity contribution in [1.29, 1.82) is 0 Å². The van der Waals surface area contributed by atoms with Crippen LogP contribution in [0.3, 0.4) is 0 Å². The summed E-state index contributed by atoms with van der Waals surface area (Å²) in [6.45, 7) is 3.53. The monoisotopic (exact) mass is 329 g/mol. The topological polar surface area (TPSA) is 87.7 Å². The van der Waals surface area contributed by atoms with Gasteiger partial charge in [0.05, 0.1) is 17.3 Å². The summed E-state index contributed by atoms with van der Waals surface area (Å²) in [5.74, 6) is -0.752. The number of carbonyl (C=O) groups excluding carboxylic acids is 3. The lowest BCUT2D eigenvalue weighted by Gasteiger charge is -2.32. The van der Waals surface area contributed by atoms with E-state index in [-0.39, 0.29) is 25.1 Å². The molecule has 3 rings (SSSR count). The second kappa shape index (κ2) is 6.35. The van der Waals surface area contributed by atoms with Crippen LogP contribution >= 0.6 is 0 Å². The molecule has 0 aliphatic carbocycles. The van der Waals surface area contributed by atoms with Gasteiger partial charge in [-0.3, -0.25) is 9.69 Å². The van der Waals surface area contributed by atoms with Gasteiger partial charge in [0.25, 0.3) is 0 Å². The molecule has 0 saturated carbocycles. The van der Waals surface area contributed by atoms with Crippen molar-refractivity contribution in [2.45, 2.75) is 25.9 Å². The smallest absolute Gasteiger partial charge is 0.338 e. The predicted molar refractivity (Wildman–Crippen MR) is 85.7 cm³/mol. The average molecular weight is 329 g/mol. The summed E-state index contributed by atoms with van der Waals surface area (Å²) in [6.07, 6.45) is 0. The third-order valence-corrected chi connectivity index (χ3v) is 3.88. The first-order chi connectivity index (χ1) is 11.5. The normalized spacial score (nSPS) is 20.0. The Morgan fingerprint density at radius 2 is 2.04 bits per heavy atom. The maximum absolute atomic E-state index is 12.5. The van der Waals surface area contributed by atoms with Crippen molar-refractivity contribution in [3.63, 3.8) is 0 Å². The van der Waals surface area contributed by atoms with Crippen LogP contribution < -0.4 is 10.6 Å². The molecule has 0 bridgehead atoms. The standard InChI is InChI=1S/C17H19N3O4/c1-10(2)18-13(21)8-20-12-9-24-16(22)14(12)15(19-17(20)23)11-6-4-3-5-7-11/h3-7,10,15H,8-9H2,1-2H3,(H,18,21)(H,19,23). The Bertz CT molecular complexity index is 712. The van der Waals surface area contributed by atoms with E-state index >= 15 is 0 Å². The predicted octanol–water partition coefficient (Wildman–Crippen LogP) is 1.09. The highest BCUT2D eigenvalue weighted by molar-refractivity contribution is 5.98. The Morgan fingerprint density at radius 3 is 2.71 bits per heavy atom. The lowest BCUT2D eigenvalue weighted by atomic mass is 9.96. The summed E-state index contributed by atoms with van der Waals surface area (Å²) in [6, 6.07) is 8.20. The zero-order valence-electron chi connectivity index (χ0n) is 13.5. The number of amides is 3. The number of nitrogens with zero attached hydrogens (tertiary/aromatic N) is 1. The van der Waals surface area contributed by atoms with E-state index in [1.807, 2.05) is 44.2 Å². The number of hydrogen-bond acceptors (Lipinski definition) is 4. The van der Waals surface area contributed by atoms with Crippen LogP contribution in [0, 0.1) is 0 Å². The van der Waals surface area contributed by atoms with Crippen LogP contribution in [0.25, 0.3) is 0 Å². The fourth-order valence-electron chi connectivity index (χ4n) is 2.89. The van der Waals surface area contributed by atoms with Gasteiger partial charge in [-0.05, 0) is 19.4 Å². The van der Waals surface area contributed by atoms with Crippen molar-refractivity contribution < 1.29 is 19.1 Å². The van der Waals surface area contributed by atoms with Crippen LogP contribution in [-0.2, 0) is 14.3 Å². The molecule has 0 spiro atoms. The minimum atomic E-state index is -0.562. The molecule has 0 aromatic heterocycles. The summed E-state index contributed by atoms with van der Waals surface area (Å²) in [4.78, 5) is 37.9. The molecule has 2 heterocycles. The van der Waals surface area contributed by atoms with Gasteiger partial charge >= 0.3 is 12.0 Å². The van der Waals surface area contributed by atoms with Gasteiger partial charge in [-0.25, -0.2) is 9.59 Å². The van der Waals surface area contributed by atoms with E-state index in [9.17, 15) is 14.4 Å².